The Bertz CT molecular complexity index is 816. The summed E-state index contributed by atoms with van der Waals surface area (Å²) in [6.45, 7) is 8.04. The number of ether oxygens (including phenoxy) is 1. The fraction of sp³-hybridized carbons (Fsp3) is 0.435. The molecule has 0 aliphatic rings. The zero-order valence-corrected chi connectivity index (χ0v) is 19.2. The number of hydrogen-bond donors (Lipinski definition) is 0. The Hall–Kier alpha value is -2.21. The molecule has 156 valence electrons. The second-order valence-electron chi connectivity index (χ2n) is 7.64. The van der Waals surface area contributed by atoms with Gasteiger partial charge in [0.1, 0.15) is 0 Å². The van der Waals surface area contributed by atoms with E-state index in [2.05, 4.69) is 20.9 Å². The molecule has 0 N–H and O–H groups in total. The Labute approximate surface area is 181 Å². The minimum Gasteiger partial charge on any atom is -0.469 e. The molecular formula is C23H29BrN2O3. The number of carbonyl (C=O) groups excluding carboxylic acids is 2. The molecule has 0 bridgehead atoms. The molecule has 0 aliphatic carbocycles. The zero-order valence-electron chi connectivity index (χ0n) is 17.6. The molecule has 1 aromatic carbocycles. The van der Waals surface area contributed by atoms with Gasteiger partial charge in [0.05, 0.1) is 19.4 Å². The second kappa shape index (κ2) is 10.5. The second-order valence-corrected chi connectivity index (χ2v) is 8.55. The molecule has 2 unspecified atom stereocenters. The summed E-state index contributed by atoms with van der Waals surface area (Å²) >= 11 is 3.52. The van der Waals surface area contributed by atoms with Crippen LogP contribution < -0.4 is 0 Å². The molecule has 0 spiro atoms. The Morgan fingerprint density at radius 1 is 1.07 bits per heavy atom. The predicted molar refractivity (Wildman–Crippen MR) is 118 cm³/mol. The number of halogens is 1. The minimum atomic E-state index is -0.541. The number of hydrogen-bond acceptors (Lipinski definition) is 4. The van der Waals surface area contributed by atoms with Crippen LogP contribution in [-0.2, 0) is 14.3 Å². The fourth-order valence-electron chi connectivity index (χ4n) is 3.80. The fourth-order valence-corrected chi connectivity index (χ4v) is 4.22. The molecule has 0 aliphatic heterocycles. The van der Waals surface area contributed by atoms with Gasteiger partial charge >= 0.3 is 5.97 Å². The smallest absolute Gasteiger partial charge is 0.306 e. The topological polar surface area (TPSA) is 59.5 Å². The highest BCUT2D eigenvalue weighted by Crippen LogP contribution is 2.39. The number of methoxy groups -OCH3 is 1. The SMILES string of the molecule is COC(=O)CC(c1cccnc1)C(C(=O)N(C(C)C)C(C)C)c1cccc(Br)c1. The van der Waals surface area contributed by atoms with Crippen molar-refractivity contribution < 1.29 is 14.3 Å². The van der Waals surface area contributed by atoms with Crippen molar-refractivity contribution in [2.75, 3.05) is 7.11 Å². The lowest BCUT2D eigenvalue weighted by Crippen LogP contribution is -2.46. The van der Waals surface area contributed by atoms with Gasteiger partial charge in [0.25, 0.3) is 0 Å². The van der Waals surface area contributed by atoms with Crippen LogP contribution in [0.5, 0.6) is 0 Å². The van der Waals surface area contributed by atoms with Gasteiger partial charge in [-0.3, -0.25) is 14.6 Å². The Kier molecular flexibility index (Phi) is 8.38. The first-order valence-electron chi connectivity index (χ1n) is 9.80. The Morgan fingerprint density at radius 3 is 2.24 bits per heavy atom. The quantitative estimate of drug-likeness (QED) is 0.524. The largest absolute Gasteiger partial charge is 0.469 e. The molecule has 2 atom stereocenters. The van der Waals surface area contributed by atoms with E-state index in [4.69, 9.17) is 4.74 Å². The lowest BCUT2D eigenvalue weighted by molar-refractivity contribution is -0.142. The highest BCUT2D eigenvalue weighted by Gasteiger charge is 2.37. The molecule has 1 aromatic heterocycles. The standard InChI is InChI=1S/C23H29BrN2O3/c1-15(2)26(16(3)4)23(28)22(17-8-6-10-19(24)12-17)20(13-21(27)29-5)18-9-7-11-25-14-18/h6-12,14-16,20,22H,13H2,1-5H3. The van der Waals surface area contributed by atoms with Crippen LogP contribution in [0.15, 0.2) is 53.3 Å². The van der Waals surface area contributed by atoms with Crippen molar-refractivity contribution in [3.63, 3.8) is 0 Å². The van der Waals surface area contributed by atoms with Crippen molar-refractivity contribution in [3.8, 4) is 0 Å². The van der Waals surface area contributed by atoms with E-state index < -0.39 is 11.8 Å². The number of carbonyl (C=O) groups is 2. The molecule has 0 radical (unpaired) electrons. The molecule has 0 saturated carbocycles. The maximum Gasteiger partial charge on any atom is 0.306 e. The van der Waals surface area contributed by atoms with Crippen molar-refractivity contribution in [2.45, 2.75) is 58.0 Å². The summed E-state index contributed by atoms with van der Waals surface area (Å²) < 4.78 is 5.84. The summed E-state index contributed by atoms with van der Waals surface area (Å²) in [7, 11) is 1.37. The third kappa shape index (κ3) is 5.89. The van der Waals surface area contributed by atoms with Gasteiger partial charge in [0.2, 0.25) is 5.91 Å². The first-order valence-corrected chi connectivity index (χ1v) is 10.6. The van der Waals surface area contributed by atoms with Crippen LogP contribution in [0.25, 0.3) is 0 Å². The van der Waals surface area contributed by atoms with Crippen LogP contribution >= 0.6 is 15.9 Å². The van der Waals surface area contributed by atoms with Crippen molar-refractivity contribution in [2.24, 2.45) is 0 Å². The van der Waals surface area contributed by atoms with Gasteiger partial charge in [-0.15, -0.1) is 0 Å². The average Bonchev–Trinajstić information content (AvgIpc) is 2.67. The number of nitrogens with zero attached hydrogens (tertiary/aromatic N) is 2. The van der Waals surface area contributed by atoms with Crippen molar-refractivity contribution in [1.82, 2.24) is 9.88 Å². The maximum atomic E-state index is 13.9. The molecule has 29 heavy (non-hydrogen) atoms. The molecule has 0 fully saturated rings. The van der Waals surface area contributed by atoms with E-state index in [0.29, 0.717) is 0 Å². The summed E-state index contributed by atoms with van der Waals surface area (Å²) in [6.07, 6.45) is 3.50. The minimum absolute atomic E-state index is 0.00847. The van der Waals surface area contributed by atoms with E-state index in [1.165, 1.54) is 7.11 Å². The van der Waals surface area contributed by atoms with Crippen molar-refractivity contribution >= 4 is 27.8 Å². The number of aromatic nitrogens is 1. The van der Waals surface area contributed by atoms with Crippen LogP contribution in [0.1, 0.15) is 57.1 Å². The molecule has 5 nitrogen and oxygen atoms in total. The number of rotatable bonds is 8. The van der Waals surface area contributed by atoms with Gasteiger partial charge in [-0.05, 0) is 57.0 Å². The van der Waals surface area contributed by atoms with Gasteiger partial charge in [0.15, 0.2) is 0 Å². The zero-order chi connectivity index (χ0) is 21.6. The number of amides is 1. The summed E-state index contributed by atoms with van der Waals surface area (Å²) in [4.78, 5) is 32.2. The summed E-state index contributed by atoms with van der Waals surface area (Å²) in [6, 6.07) is 11.5. The Morgan fingerprint density at radius 2 is 1.72 bits per heavy atom. The molecule has 1 amide bonds. The summed E-state index contributed by atoms with van der Waals surface area (Å²) in [5.41, 5.74) is 1.69. The number of pyridine rings is 1. The third-order valence-electron chi connectivity index (χ3n) is 4.97. The van der Waals surface area contributed by atoms with Crippen LogP contribution in [0, 0.1) is 0 Å². The highest BCUT2D eigenvalue weighted by molar-refractivity contribution is 9.10. The van der Waals surface area contributed by atoms with Gasteiger partial charge in [-0.2, -0.15) is 0 Å². The van der Waals surface area contributed by atoms with Gasteiger partial charge < -0.3 is 9.64 Å². The first kappa shape index (κ1) is 23.1. The summed E-state index contributed by atoms with van der Waals surface area (Å²) in [5.74, 6) is -1.29. The molecule has 1 heterocycles. The monoisotopic (exact) mass is 460 g/mol. The van der Waals surface area contributed by atoms with Crippen LogP contribution in [-0.4, -0.2) is 41.0 Å². The van der Waals surface area contributed by atoms with E-state index in [1.807, 2.05) is 69.0 Å². The first-order chi connectivity index (χ1) is 13.8. The average molecular weight is 461 g/mol. The van der Waals surface area contributed by atoms with Crippen molar-refractivity contribution in [3.05, 3.63) is 64.4 Å². The maximum absolute atomic E-state index is 13.9. The van der Waals surface area contributed by atoms with Gasteiger partial charge in [-0.25, -0.2) is 0 Å². The van der Waals surface area contributed by atoms with E-state index in [9.17, 15) is 9.59 Å². The molecule has 2 aromatic rings. The normalized spacial score (nSPS) is 13.2. The van der Waals surface area contributed by atoms with Crippen LogP contribution in [0.4, 0.5) is 0 Å². The molecule has 0 saturated heterocycles. The number of benzene rings is 1. The van der Waals surface area contributed by atoms with Crippen molar-refractivity contribution in [1.29, 1.82) is 0 Å². The highest BCUT2D eigenvalue weighted by atomic mass is 79.9. The molecule has 2 rings (SSSR count). The lowest BCUT2D eigenvalue weighted by atomic mass is 9.78. The molecule has 6 heteroatoms. The van der Waals surface area contributed by atoms with Crippen LogP contribution in [0.2, 0.25) is 0 Å². The summed E-state index contributed by atoms with van der Waals surface area (Å²) in [5, 5.41) is 0. The third-order valence-corrected chi connectivity index (χ3v) is 5.46. The molecular weight excluding hydrogens is 432 g/mol. The Balaban J connectivity index is 2.64. The van der Waals surface area contributed by atoms with E-state index in [-0.39, 0.29) is 30.4 Å². The van der Waals surface area contributed by atoms with E-state index >= 15 is 0 Å². The van der Waals surface area contributed by atoms with E-state index in [1.54, 1.807) is 12.4 Å². The van der Waals surface area contributed by atoms with Crippen LogP contribution in [0.3, 0.4) is 0 Å². The van der Waals surface area contributed by atoms with E-state index in [0.717, 1.165) is 15.6 Å². The predicted octanol–water partition coefficient (Wildman–Crippen LogP) is 4.92. The van der Waals surface area contributed by atoms with Gasteiger partial charge in [-0.1, -0.05) is 34.1 Å². The van der Waals surface area contributed by atoms with Gasteiger partial charge in [0, 0.05) is 34.9 Å². The lowest BCUT2D eigenvalue weighted by Gasteiger charge is -2.37. The number of esters is 1.